The monoisotopic (exact) mass is 389 g/mol. The smallest absolute Gasteiger partial charge is 0.229 e. The van der Waals surface area contributed by atoms with E-state index in [0.29, 0.717) is 23.7 Å². The number of nitrogens with zero attached hydrogens (tertiary/aromatic N) is 3. The highest BCUT2D eigenvalue weighted by Crippen LogP contribution is 2.24. The van der Waals surface area contributed by atoms with Crippen LogP contribution in [0.3, 0.4) is 0 Å². The third-order valence-corrected chi connectivity index (χ3v) is 4.17. The molecule has 5 nitrogen and oxygen atoms in total. The number of pyridine rings is 1. The fourth-order valence-electron chi connectivity index (χ4n) is 2.75. The van der Waals surface area contributed by atoms with Gasteiger partial charge in [0.25, 0.3) is 0 Å². The lowest BCUT2D eigenvalue weighted by Crippen LogP contribution is -2.06. The van der Waals surface area contributed by atoms with Crippen LogP contribution in [0.25, 0.3) is 11.3 Å². The molecule has 29 heavy (non-hydrogen) atoms. The SMILES string of the molecule is Fc1ccc(Nc2nc(NCc3cccnc3)cc(-c3ccccc3)n2)cc1F. The van der Waals surface area contributed by atoms with Gasteiger partial charge in [-0.1, -0.05) is 36.4 Å². The van der Waals surface area contributed by atoms with Crippen molar-refractivity contribution in [2.24, 2.45) is 0 Å². The molecule has 0 saturated heterocycles. The number of anilines is 3. The van der Waals surface area contributed by atoms with E-state index in [1.807, 2.05) is 48.5 Å². The van der Waals surface area contributed by atoms with E-state index in [0.717, 1.165) is 23.3 Å². The van der Waals surface area contributed by atoms with E-state index in [-0.39, 0.29) is 5.95 Å². The van der Waals surface area contributed by atoms with Crippen LogP contribution in [0, 0.1) is 11.6 Å². The molecule has 0 spiro atoms. The number of aromatic nitrogens is 3. The largest absolute Gasteiger partial charge is 0.366 e. The zero-order valence-electron chi connectivity index (χ0n) is 15.3. The minimum atomic E-state index is -0.941. The maximum Gasteiger partial charge on any atom is 0.229 e. The normalized spacial score (nSPS) is 10.6. The van der Waals surface area contributed by atoms with Crippen LogP contribution in [0.15, 0.2) is 79.1 Å². The maximum atomic E-state index is 13.5. The van der Waals surface area contributed by atoms with E-state index in [4.69, 9.17) is 0 Å². The Morgan fingerprint density at radius 3 is 2.45 bits per heavy atom. The lowest BCUT2D eigenvalue weighted by molar-refractivity contribution is 0.509. The highest BCUT2D eigenvalue weighted by Gasteiger charge is 2.09. The summed E-state index contributed by atoms with van der Waals surface area (Å²) < 4.78 is 26.7. The second-order valence-electron chi connectivity index (χ2n) is 6.30. The van der Waals surface area contributed by atoms with Crippen LogP contribution in [0.4, 0.5) is 26.2 Å². The van der Waals surface area contributed by atoms with Crippen molar-refractivity contribution >= 4 is 17.5 Å². The van der Waals surface area contributed by atoms with Gasteiger partial charge in [-0.3, -0.25) is 4.98 Å². The molecule has 0 unspecified atom stereocenters. The number of nitrogens with one attached hydrogen (secondary N) is 2. The van der Waals surface area contributed by atoms with Gasteiger partial charge in [0.2, 0.25) is 5.95 Å². The molecule has 0 bridgehead atoms. The molecule has 4 aromatic rings. The number of benzene rings is 2. The fourth-order valence-corrected chi connectivity index (χ4v) is 2.75. The standard InChI is InChI=1S/C22H17F2N5/c23-18-9-8-17(11-19(18)24)27-22-28-20(16-6-2-1-3-7-16)12-21(29-22)26-14-15-5-4-10-25-13-15/h1-13H,14H2,(H2,26,27,28,29). The number of hydrogen-bond donors (Lipinski definition) is 2. The molecule has 2 aromatic heterocycles. The summed E-state index contributed by atoms with van der Waals surface area (Å²) in [7, 11) is 0. The molecular formula is C22H17F2N5. The molecule has 0 aliphatic rings. The minimum Gasteiger partial charge on any atom is -0.366 e. The summed E-state index contributed by atoms with van der Waals surface area (Å²) in [6, 6.07) is 18.8. The molecule has 0 saturated carbocycles. The Balaban J connectivity index is 1.64. The van der Waals surface area contributed by atoms with Gasteiger partial charge in [0.05, 0.1) is 5.69 Å². The summed E-state index contributed by atoms with van der Waals surface area (Å²) in [5.41, 5.74) is 2.96. The van der Waals surface area contributed by atoms with Gasteiger partial charge in [-0.05, 0) is 23.8 Å². The number of hydrogen-bond acceptors (Lipinski definition) is 5. The summed E-state index contributed by atoms with van der Waals surface area (Å²) in [5.74, 6) is -0.990. The van der Waals surface area contributed by atoms with Crippen molar-refractivity contribution in [3.8, 4) is 11.3 Å². The van der Waals surface area contributed by atoms with Gasteiger partial charge in [0.15, 0.2) is 11.6 Å². The zero-order chi connectivity index (χ0) is 20.1. The summed E-state index contributed by atoms with van der Waals surface area (Å²) in [4.78, 5) is 13.1. The number of halogens is 2. The Morgan fingerprint density at radius 1 is 0.828 bits per heavy atom. The van der Waals surface area contributed by atoms with Crippen molar-refractivity contribution in [3.63, 3.8) is 0 Å². The quantitative estimate of drug-likeness (QED) is 0.476. The van der Waals surface area contributed by atoms with Crippen LogP contribution in [0.1, 0.15) is 5.56 Å². The Kier molecular flexibility index (Phi) is 5.38. The minimum absolute atomic E-state index is 0.269. The molecule has 0 aliphatic carbocycles. The highest BCUT2D eigenvalue weighted by atomic mass is 19.2. The molecule has 0 aliphatic heterocycles. The lowest BCUT2D eigenvalue weighted by Gasteiger charge is -2.12. The third-order valence-electron chi connectivity index (χ3n) is 4.17. The molecule has 0 radical (unpaired) electrons. The van der Waals surface area contributed by atoms with Crippen LogP contribution in [0.2, 0.25) is 0 Å². The van der Waals surface area contributed by atoms with Gasteiger partial charge in [-0.25, -0.2) is 13.8 Å². The molecule has 2 aromatic carbocycles. The first-order chi connectivity index (χ1) is 14.2. The van der Waals surface area contributed by atoms with Crippen molar-refractivity contribution < 1.29 is 8.78 Å². The zero-order valence-corrected chi connectivity index (χ0v) is 15.3. The van der Waals surface area contributed by atoms with Gasteiger partial charge in [-0.2, -0.15) is 4.98 Å². The van der Waals surface area contributed by atoms with Crippen LogP contribution < -0.4 is 10.6 Å². The molecule has 7 heteroatoms. The van der Waals surface area contributed by atoms with Crippen molar-refractivity contribution in [1.29, 1.82) is 0 Å². The first-order valence-electron chi connectivity index (χ1n) is 8.97. The van der Waals surface area contributed by atoms with Crippen LogP contribution >= 0.6 is 0 Å². The highest BCUT2D eigenvalue weighted by molar-refractivity contribution is 5.66. The average molecular weight is 389 g/mol. The molecule has 0 amide bonds. The van der Waals surface area contributed by atoms with Crippen molar-refractivity contribution in [1.82, 2.24) is 15.0 Å². The van der Waals surface area contributed by atoms with Crippen molar-refractivity contribution in [2.75, 3.05) is 10.6 Å². The van der Waals surface area contributed by atoms with Gasteiger partial charge in [-0.15, -0.1) is 0 Å². The summed E-state index contributed by atoms with van der Waals surface area (Å²) in [6.45, 7) is 0.531. The first-order valence-corrected chi connectivity index (χ1v) is 8.97. The molecule has 4 rings (SSSR count). The Labute approximate surface area is 166 Å². The van der Waals surface area contributed by atoms with E-state index < -0.39 is 11.6 Å². The van der Waals surface area contributed by atoms with E-state index in [1.54, 1.807) is 12.4 Å². The van der Waals surface area contributed by atoms with Crippen LogP contribution in [-0.4, -0.2) is 15.0 Å². The van der Waals surface area contributed by atoms with Gasteiger partial charge >= 0.3 is 0 Å². The lowest BCUT2D eigenvalue weighted by atomic mass is 10.1. The van der Waals surface area contributed by atoms with E-state index in [1.165, 1.54) is 6.07 Å². The molecule has 0 atom stereocenters. The van der Waals surface area contributed by atoms with E-state index in [2.05, 4.69) is 25.6 Å². The average Bonchev–Trinajstić information content (AvgIpc) is 2.76. The second kappa shape index (κ2) is 8.43. The topological polar surface area (TPSA) is 62.7 Å². The maximum absolute atomic E-state index is 13.5. The second-order valence-corrected chi connectivity index (χ2v) is 6.30. The molecular weight excluding hydrogens is 372 g/mol. The third kappa shape index (κ3) is 4.70. The van der Waals surface area contributed by atoms with Crippen molar-refractivity contribution in [2.45, 2.75) is 6.54 Å². The Bertz CT molecular complexity index is 1100. The predicted octanol–water partition coefficient (Wildman–Crippen LogP) is 5.17. The summed E-state index contributed by atoms with van der Waals surface area (Å²) >= 11 is 0. The van der Waals surface area contributed by atoms with Gasteiger partial charge in [0.1, 0.15) is 5.82 Å². The summed E-state index contributed by atoms with van der Waals surface area (Å²) in [5, 5.41) is 6.19. The van der Waals surface area contributed by atoms with Gasteiger partial charge in [0, 0.05) is 42.3 Å². The molecule has 0 fully saturated rings. The fraction of sp³-hybridized carbons (Fsp3) is 0.0455. The van der Waals surface area contributed by atoms with E-state index in [9.17, 15) is 8.78 Å². The Morgan fingerprint density at radius 2 is 1.69 bits per heavy atom. The summed E-state index contributed by atoms with van der Waals surface area (Å²) in [6.07, 6.45) is 3.48. The molecule has 2 heterocycles. The number of rotatable bonds is 6. The van der Waals surface area contributed by atoms with Crippen LogP contribution in [-0.2, 0) is 6.54 Å². The van der Waals surface area contributed by atoms with Crippen LogP contribution in [0.5, 0.6) is 0 Å². The Hall–Kier alpha value is -3.87. The first kappa shape index (κ1) is 18.5. The van der Waals surface area contributed by atoms with Gasteiger partial charge < -0.3 is 10.6 Å². The molecule has 2 N–H and O–H groups in total. The predicted molar refractivity (Wildman–Crippen MR) is 109 cm³/mol. The molecule has 144 valence electrons. The van der Waals surface area contributed by atoms with E-state index >= 15 is 0 Å². The van der Waals surface area contributed by atoms with Crippen molar-refractivity contribution in [3.05, 3.63) is 96.3 Å².